The molecule has 0 heteroatoms. The molecule has 0 heterocycles. The van der Waals surface area contributed by atoms with E-state index in [1.807, 2.05) is 0 Å². The van der Waals surface area contributed by atoms with Crippen molar-refractivity contribution in [2.75, 3.05) is 0 Å². The summed E-state index contributed by atoms with van der Waals surface area (Å²) in [6.45, 7) is 7.03. The van der Waals surface area contributed by atoms with E-state index in [0.717, 1.165) is 30.7 Å². The van der Waals surface area contributed by atoms with Crippen molar-refractivity contribution < 1.29 is 0 Å². The molecule has 3 atom stereocenters. The molecule has 0 aromatic heterocycles. The predicted octanol–water partition coefficient (Wildman–Crippen LogP) is 12.7. The lowest BCUT2D eigenvalue weighted by Gasteiger charge is -2.36. The van der Waals surface area contributed by atoms with Crippen LogP contribution in [0.1, 0.15) is 110 Å². The maximum atomic E-state index is 6.08. The average Bonchev–Trinajstić information content (AvgIpc) is 3.82. The Hall–Kier alpha value is -4.08. The Morgan fingerprint density at radius 1 is 0.857 bits per heavy atom. The Bertz CT molecular complexity index is 1750. The molecule has 3 aromatic carbocycles. The number of rotatable bonds is 11. The average molecular weight is 643 g/mol. The van der Waals surface area contributed by atoms with Crippen LogP contribution in [0.4, 0.5) is 0 Å². The van der Waals surface area contributed by atoms with Crippen LogP contribution in [-0.4, -0.2) is 0 Å². The van der Waals surface area contributed by atoms with Crippen LogP contribution in [0, 0.1) is 41.9 Å². The molecule has 0 saturated heterocycles. The number of terminal acetylenes is 1. The first-order valence-electron chi connectivity index (χ1n) is 19.3. The summed E-state index contributed by atoms with van der Waals surface area (Å²) in [6.07, 6.45) is 35.3. The van der Waals surface area contributed by atoms with E-state index in [4.69, 9.17) is 13.0 Å². The number of aryl methyl sites for hydroxylation is 1. The van der Waals surface area contributed by atoms with Crippen molar-refractivity contribution in [1.29, 1.82) is 0 Å². The molecule has 7 rings (SSSR count). The van der Waals surface area contributed by atoms with Crippen LogP contribution < -0.4 is 0 Å². The highest BCUT2D eigenvalue weighted by Crippen LogP contribution is 2.45. The summed E-state index contributed by atoms with van der Waals surface area (Å²) in [4.78, 5) is 0. The first kappa shape index (κ1) is 33.4. The zero-order valence-electron chi connectivity index (χ0n) is 29.6. The minimum Gasteiger partial charge on any atom is -0.115 e. The smallest absolute Gasteiger partial charge is 0.0318 e. The molecule has 0 nitrogen and oxygen atoms in total. The van der Waals surface area contributed by atoms with Crippen LogP contribution in [0.2, 0.25) is 0 Å². The van der Waals surface area contributed by atoms with Crippen molar-refractivity contribution in [3.05, 3.63) is 155 Å². The highest BCUT2D eigenvalue weighted by atomic mass is 14.4. The van der Waals surface area contributed by atoms with Crippen LogP contribution in [-0.2, 0) is 12.8 Å². The summed E-state index contributed by atoms with van der Waals surface area (Å²) >= 11 is 0. The van der Waals surface area contributed by atoms with Gasteiger partial charge in [-0.15, -0.1) is 6.42 Å². The normalized spacial score (nSPS) is 24.3. The standard InChI is InChI=1S/C49H54/c1-4-40-25-23-39(34-48(40)47-17-11-16-46(47)42-14-9-6-10-15-42)33-38-21-26-43(27-22-38)49(36(3)19-20-37-12-7-5-8-13-37)44-30-28-41(29-31-44)45-24-18-35(2)32-45/h1,5,7-8,11-13,16-18,23-25,28-32,34-35,38,42-43,46,49H,3,6,9-10,14-15,19-22,26-27,33H2,2H3. The zero-order chi connectivity index (χ0) is 33.6. The van der Waals surface area contributed by atoms with Gasteiger partial charge < -0.3 is 0 Å². The van der Waals surface area contributed by atoms with Crippen molar-refractivity contribution in [1.82, 2.24) is 0 Å². The van der Waals surface area contributed by atoms with Crippen LogP contribution >= 0.6 is 0 Å². The van der Waals surface area contributed by atoms with Crippen molar-refractivity contribution >= 4 is 11.1 Å². The lowest BCUT2D eigenvalue weighted by atomic mass is 9.69. The fraction of sp³-hybridized carbons (Fsp3) is 0.388. The van der Waals surface area contributed by atoms with Crippen LogP contribution in [0.3, 0.4) is 0 Å². The summed E-state index contributed by atoms with van der Waals surface area (Å²) in [7, 11) is 0. The zero-order valence-corrected chi connectivity index (χ0v) is 29.6. The van der Waals surface area contributed by atoms with Gasteiger partial charge in [-0.1, -0.05) is 147 Å². The summed E-state index contributed by atoms with van der Waals surface area (Å²) < 4.78 is 0. The van der Waals surface area contributed by atoms with Crippen molar-refractivity contribution in [2.24, 2.45) is 29.6 Å². The molecular weight excluding hydrogens is 589 g/mol. The number of benzene rings is 3. The molecule has 4 aliphatic carbocycles. The first-order valence-corrected chi connectivity index (χ1v) is 19.3. The molecule has 2 saturated carbocycles. The Morgan fingerprint density at radius 3 is 2.35 bits per heavy atom. The van der Waals surface area contributed by atoms with Gasteiger partial charge in [-0.2, -0.15) is 0 Å². The number of allylic oxidation sites excluding steroid dienone is 9. The van der Waals surface area contributed by atoms with Gasteiger partial charge >= 0.3 is 0 Å². The molecule has 3 aromatic rings. The predicted molar refractivity (Wildman–Crippen MR) is 210 cm³/mol. The van der Waals surface area contributed by atoms with Gasteiger partial charge in [0.25, 0.3) is 0 Å². The van der Waals surface area contributed by atoms with Gasteiger partial charge in [-0.05, 0) is 126 Å². The van der Waals surface area contributed by atoms with Crippen LogP contribution in [0.25, 0.3) is 11.1 Å². The van der Waals surface area contributed by atoms with Gasteiger partial charge in [-0.25, -0.2) is 0 Å². The molecular formula is C49H54. The third-order valence-corrected chi connectivity index (χ3v) is 12.2. The van der Waals surface area contributed by atoms with E-state index < -0.39 is 0 Å². The molecule has 2 fully saturated rings. The Kier molecular flexibility index (Phi) is 10.7. The SMILES string of the molecule is C#Cc1ccc(CC2CCC(C(C(=C)CCc3ccccc3)c3ccc(C4=CC(C)C=C4)cc3)CC2)cc1C1=CC=CC1C1CCCCC1. The molecule has 3 unspecified atom stereocenters. The maximum Gasteiger partial charge on any atom is 0.0318 e. The van der Waals surface area contributed by atoms with E-state index in [1.165, 1.54) is 102 Å². The van der Waals surface area contributed by atoms with Crippen molar-refractivity contribution in [3.63, 3.8) is 0 Å². The van der Waals surface area contributed by atoms with Gasteiger partial charge in [0, 0.05) is 17.4 Å². The fourth-order valence-electron chi connectivity index (χ4n) is 9.48. The van der Waals surface area contributed by atoms with Gasteiger partial charge in [0.2, 0.25) is 0 Å². The van der Waals surface area contributed by atoms with E-state index in [1.54, 1.807) is 0 Å². The van der Waals surface area contributed by atoms with Crippen LogP contribution in [0.15, 0.2) is 121 Å². The van der Waals surface area contributed by atoms with Crippen molar-refractivity contribution in [3.8, 4) is 12.3 Å². The van der Waals surface area contributed by atoms with Gasteiger partial charge in [0.1, 0.15) is 0 Å². The molecule has 49 heavy (non-hydrogen) atoms. The van der Waals surface area contributed by atoms with Crippen LogP contribution in [0.5, 0.6) is 0 Å². The molecule has 0 spiro atoms. The molecule has 0 amide bonds. The van der Waals surface area contributed by atoms with Gasteiger partial charge in [0.15, 0.2) is 0 Å². The molecule has 0 bridgehead atoms. The molecule has 4 aliphatic rings. The topological polar surface area (TPSA) is 0 Å². The molecule has 250 valence electrons. The summed E-state index contributed by atoms with van der Waals surface area (Å²) in [5, 5.41) is 0. The molecule has 0 radical (unpaired) electrons. The highest BCUT2D eigenvalue weighted by molar-refractivity contribution is 5.78. The quantitative estimate of drug-likeness (QED) is 0.144. The van der Waals surface area contributed by atoms with Gasteiger partial charge in [0.05, 0.1) is 0 Å². The lowest BCUT2D eigenvalue weighted by Crippen LogP contribution is -2.23. The second kappa shape index (κ2) is 15.6. The van der Waals surface area contributed by atoms with Crippen molar-refractivity contribution in [2.45, 2.75) is 89.9 Å². The number of hydrogen-bond donors (Lipinski definition) is 0. The minimum absolute atomic E-state index is 0.408. The third kappa shape index (κ3) is 7.89. The van der Waals surface area contributed by atoms with E-state index >= 15 is 0 Å². The Balaban J connectivity index is 1.04. The molecule has 0 N–H and O–H groups in total. The lowest BCUT2D eigenvalue weighted by molar-refractivity contribution is 0.252. The summed E-state index contributed by atoms with van der Waals surface area (Å²) in [5.74, 6) is 6.60. The first-order chi connectivity index (χ1) is 24.1. The van der Waals surface area contributed by atoms with E-state index in [2.05, 4.69) is 122 Å². The number of hydrogen-bond acceptors (Lipinski definition) is 0. The highest BCUT2D eigenvalue weighted by Gasteiger charge is 2.32. The molecule has 0 aliphatic heterocycles. The monoisotopic (exact) mass is 642 g/mol. The van der Waals surface area contributed by atoms with E-state index in [0.29, 0.717) is 29.6 Å². The largest absolute Gasteiger partial charge is 0.115 e. The van der Waals surface area contributed by atoms with E-state index in [9.17, 15) is 0 Å². The second-order valence-corrected chi connectivity index (χ2v) is 15.5. The third-order valence-electron chi connectivity index (χ3n) is 12.2. The Labute approximate surface area is 296 Å². The summed E-state index contributed by atoms with van der Waals surface area (Å²) in [6, 6.07) is 27.4. The van der Waals surface area contributed by atoms with Gasteiger partial charge in [-0.3, -0.25) is 0 Å². The van der Waals surface area contributed by atoms with E-state index in [-0.39, 0.29) is 0 Å². The summed E-state index contributed by atoms with van der Waals surface area (Å²) in [5.41, 5.74) is 12.2. The minimum atomic E-state index is 0.408. The maximum absolute atomic E-state index is 6.08. The Morgan fingerprint density at radius 2 is 1.63 bits per heavy atom. The second-order valence-electron chi connectivity index (χ2n) is 15.5. The fourth-order valence-corrected chi connectivity index (χ4v) is 9.48.